The number of halogens is 1. The molecule has 0 amide bonds. The second-order valence-electron chi connectivity index (χ2n) is 8.51. The normalized spacial score (nSPS) is 20.2. The summed E-state index contributed by atoms with van der Waals surface area (Å²) in [6.07, 6.45) is 8.34. The molecule has 0 saturated heterocycles. The molecule has 0 spiro atoms. The van der Waals surface area contributed by atoms with Crippen LogP contribution in [-0.4, -0.2) is 24.1 Å². The van der Waals surface area contributed by atoms with E-state index in [4.69, 9.17) is 16.6 Å². The number of carbonyl (C=O) groups is 1. The van der Waals surface area contributed by atoms with E-state index < -0.39 is 0 Å². The van der Waals surface area contributed by atoms with Gasteiger partial charge in [-0.3, -0.25) is 9.79 Å². The first-order valence-corrected chi connectivity index (χ1v) is 10.3. The fourth-order valence-corrected chi connectivity index (χ4v) is 4.63. The van der Waals surface area contributed by atoms with Crippen LogP contribution in [0.1, 0.15) is 75.5 Å². The van der Waals surface area contributed by atoms with E-state index in [-0.39, 0.29) is 11.5 Å². The number of benzene rings is 1. The lowest BCUT2D eigenvalue weighted by atomic mass is 9.83. The fraction of sp³-hybridized carbons (Fsp3) is 0.636. The molecule has 0 unspecified atom stereocenters. The van der Waals surface area contributed by atoms with Crippen LogP contribution in [0.4, 0.5) is 0 Å². The lowest BCUT2D eigenvalue weighted by molar-refractivity contribution is -0.122. The molecule has 142 valence electrons. The number of nitrogens with one attached hydrogen (secondary N) is 1. The molecule has 1 N–H and O–H groups in total. The number of nitrogens with zero attached hydrogens (tertiary/aromatic N) is 1. The van der Waals surface area contributed by atoms with Crippen LogP contribution in [-0.2, 0) is 17.8 Å². The molecule has 0 atom stereocenters. The summed E-state index contributed by atoms with van der Waals surface area (Å²) in [5, 5.41) is 3.97. The smallest absolute Gasteiger partial charge is 0.141 e. The van der Waals surface area contributed by atoms with Crippen LogP contribution < -0.4 is 5.32 Å². The van der Waals surface area contributed by atoms with E-state index >= 15 is 0 Å². The molecule has 3 nitrogen and oxygen atoms in total. The number of carbonyl (C=O) groups excluding carboxylic acids is 1. The molecule has 1 aliphatic carbocycles. The van der Waals surface area contributed by atoms with E-state index in [1.165, 1.54) is 31.2 Å². The van der Waals surface area contributed by atoms with Gasteiger partial charge in [0.1, 0.15) is 5.78 Å². The van der Waals surface area contributed by atoms with Crippen LogP contribution in [0.5, 0.6) is 0 Å². The van der Waals surface area contributed by atoms with Crippen LogP contribution in [0.25, 0.3) is 0 Å². The summed E-state index contributed by atoms with van der Waals surface area (Å²) in [5.41, 5.74) is 4.20. The van der Waals surface area contributed by atoms with Gasteiger partial charge in [-0.05, 0) is 69.0 Å². The molecule has 2 aliphatic rings. The molecule has 26 heavy (non-hydrogen) atoms. The van der Waals surface area contributed by atoms with Gasteiger partial charge >= 0.3 is 0 Å². The highest BCUT2D eigenvalue weighted by atomic mass is 35.5. The van der Waals surface area contributed by atoms with E-state index in [1.807, 2.05) is 7.05 Å². The Bertz CT molecular complexity index is 700. The lowest BCUT2D eigenvalue weighted by Crippen LogP contribution is -2.31. The standard InChI is InChI=1S/C22H31ClN2O/c1-22(2)13-16-11-19(23)17(14-24-3)10-18(16)20(25-22)12-21(26)15-8-6-4-5-7-9-15/h10-11,15,24H,4-9,12-14H2,1-3H3. The number of hydrogen-bond acceptors (Lipinski definition) is 3. The average molecular weight is 375 g/mol. The van der Waals surface area contributed by atoms with E-state index in [1.54, 1.807) is 0 Å². The van der Waals surface area contributed by atoms with Crippen molar-refractivity contribution in [1.29, 1.82) is 0 Å². The third-order valence-electron chi connectivity index (χ3n) is 5.66. The molecule has 1 aromatic rings. The molecule has 0 aromatic heterocycles. The quantitative estimate of drug-likeness (QED) is 0.727. The van der Waals surface area contributed by atoms with Gasteiger partial charge < -0.3 is 5.32 Å². The summed E-state index contributed by atoms with van der Waals surface area (Å²) in [6.45, 7) is 5.00. The van der Waals surface area contributed by atoms with Crippen molar-refractivity contribution >= 4 is 23.1 Å². The molecular formula is C22H31ClN2O. The highest BCUT2D eigenvalue weighted by Crippen LogP contribution is 2.33. The van der Waals surface area contributed by atoms with Gasteiger partial charge in [0, 0.05) is 23.9 Å². The summed E-state index contributed by atoms with van der Waals surface area (Å²) >= 11 is 6.48. The minimum atomic E-state index is -0.181. The average Bonchev–Trinajstić information content (AvgIpc) is 2.85. The van der Waals surface area contributed by atoms with Crippen LogP contribution in [0.3, 0.4) is 0 Å². The van der Waals surface area contributed by atoms with Crippen molar-refractivity contribution in [2.75, 3.05) is 7.05 Å². The maximum atomic E-state index is 13.0. The predicted octanol–water partition coefficient (Wildman–Crippen LogP) is 5.11. The second-order valence-corrected chi connectivity index (χ2v) is 8.92. The van der Waals surface area contributed by atoms with Gasteiger partial charge in [0.25, 0.3) is 0 Å². The largest absolute Gasteiger partial charge is 0.316 e. The summed E-state index contributed by atoms with van der Waals surface area (Å²) in [7, 11) is 1.92. The van der Waals surface area contributed by atoms with Crippen LogP contribution >= 0.6 is 11.6 Å². The van der Waals surface area contributed by atoms with Crippen molar-refractivity contribution in [2.45, 2.75) is 77.3 Å². The van der Waals surface area contributed by atoms with Crippen molar-refractivity contribution in [3.05, 3.63) is 33.8 Å². The Morgan fingerprint density at radius 1 is 1.23 bits per heavy atom. The summed E-state index contributed by atoms with van der Waals surface area (Å²) in [6, 6.07) is 4.22. The first-order valence-electron chi connectivity index (χ1n) is 9.97. The van der Waals surface area contributed by atoms with E-state index in [2.05, 4.69) is 31.3 Å². The number of Topliss-reactive ketones (excluding diaryl/α,β-unsaturated/α-hetero) is 1. The molecule has 0 radical (unpaired) electrons. The first-order chi connectivity index (χ1) is 12.4. The van der Waals surface area contributed by atoms with E-state index in [0.29, 0.717) is 12.2 Å². The van der Waals surface area contributed by atoms with E-state index in [9.17, 15) is 4.79 Å². The zero-order valence-electron chi connectivity index (χ0n) is 16.3. The molecule has 1 saturated carbocycles. The third kappa shape index (κ3) is 4.55. The maximum Gasteiger partial charge on any atom is 0.141 e. The Labute approximate surface area is 162 Å². The molecule has 1 aliphatic heterocycles. The van der Waals surface area contributed by atoms with Crippen molar-refractivity contribution < 1.29 is 4.79 Å². The highest BCUT2D eigenvalue weighted by molar-refractivity contribution is 6.31. The van der Waals surface area contributed by atoms with Gasteiger partial charge in [-0.2, -0.15) is 0 Å². The van der Waals surface area contributed by atoms with Crippen molar-refractivity contribution in [3.8, 4) is 0 Å². The van der Waals surface area contributed by atoms with Crippen molar-refractivity contribution in [1.82, 2.24) is 5.32 Å². The molecule has 1 heterocycles. The minimum Gasteiger partial charge on any atom is -0.316 e. The lowest BCUT2D eigenvalue weighted by Gasteiger charge is -2.30. The maximum absolute atomic E-state index is 13.0. The zero-order valence-corrected chi connectivity index (χ0v) is 17.1. The number of ketones is 1. The minimum absolute atomic E-state index is 0.181. The van der Waals surface area contributed by atoms with Crippen molar-refractivity contribution in [3.63, 3.8) is 0 Å². The molecular weight excluding hydrogens is 344 g/mol. The number of aliphatic imine (C=N–C) groups is 1. The van der Waals surface area contributed by atoms with Crippen molar-refractivity contribution in [2.24, 2.45) is 10.9 Å². The fourth-order valence-electron chi connectivity index (χ4n) is 4.38. The Morgan fingerprint density at radius 3 is 2.58 bits per heavy atom. The Hall–Kier alpha value is -1.19. The SMILES string of the molecule is CNCc1cc2c(cc1Cl)CC(C)(C)N=C2CC(=O)C1CCCCCC1. The first kappa shape index (κ1) is 19.6. The Balaban J connectivity index is 1.89. The van der Waals surface area contributed by atoms with Gasteiger partial charge in [0.05, 0.1) is 11.3 Å². The monoisotopic (exact) mass is 374 g/mol. The van der Waals surface area contributed by atoms with Gasteiger partial charge in [-0.25, -0.2) is 0 Å². The molecule has 1 aromatic carbocycles. The number of hydrogen-bond donors (Lipinski definition) is 1. The molecule has 4 heteroatoms. The van der Waals surface area contributed by atoms with Gasteiger partial charge in [0.15, 0.2) is 0 Å². The van der Waals surface area contributed by atoms with Gasteiger partial charge in [-0.15, -0.1) is 0 Å². The molecule has 0 bridgehead atoms. The molecule has 3 rings (SSSR count). The van der Waals surface area contributed by atoms with Gasteiger partial charge in [-0.1, -0.05) is 37.3 Å². The predicted molar refractivity (Wildman–Crippen MR) is 109 cm³/mol. The second kappa shape index (κ2) is 8.22. The van der Waals surface area contributed by atoms with Crippen LogP contribution in [0.15, 0.2) is 17.1 Å². The van der Waals surface area contributed by atoms with Gasteiger partial charge in [0.2, 0.25) is 0 Å². The highest BCUT2D eigenvalue weighted by Gasteiger charge is 2.30. The summed E-state index contributed by atoms with van der Waals surface area (Å²) < 4.78 is 0. The summed E-state index contributed by atoms with van der Waals surface area (Å²) in [5.74, 6) is 0.595. The Kier molecular flexibility index (Phi) is 6.19. The third-order valence-corrected chi connectivity index (χ3v) is 6.02. The topological polar surface area (TPSA) is 41.5 Å². The van der Waals surface area contributed by atoms with Crippen LogP contribution in [0.2, 0.25) is 5.02 Å². The van der Waals surface area contributed by atoms with E-state index in [0.717, 1.165) is 47.7 Å². The zero-order chi connectivity index (χ0) is 18.7. The number of rotatable bonds is 5. The number of fused-ring (bicyclic) bond motifs is 1. The summed E-state index contributed by atoms with van der Waals surface area (Å²) in [4.78, 5) is 18.0. The Morgan fingerprint density at radius 2 is 1.92 bits per heavy atom. The molecule has 1 fully saturated rings. The van der Waals surface area contributed by atoms with Crippen LogP contribution in [0, 0.1) is 5.92 Å².